The van der Waals surface area contributed by atoms with Crippen molar-refractivity contribution in [2.45, 2.75) is 104 Å². The zero-order chi connectivity index (χ0) is 87.5. The minimum atomic E-state index is -0.881. The van der Waals surface area contributed by atoms with E-state index < -0.39 is 161 Å². The van der Waals surface area contributed by atoms with Crippen molar-refractivity contribution in [2.24, 2.45) is 47.3 Å². The first-order chi connectivity index (χ1) is 57.5. The molecule has 0 bridgehead atoms. The molecule has 0 N–H and O–H groups in total. The molecule has 121 heavy (non-hydrogen) atoms. The molecular weight excluding hydrogens is 1600 g/mol. The molecule has 37 heteroatoms. The van der Waals surface area contributed by atoms with E-state index in [9.17, 15) is 110 Å². The topological polar surface area (TPSA) is 522 Å². The molecule has 15 rings (SSSR count). The summed E-state index contributed by atoms with van der Waals surface area (Å²) in [5.41, 5.74) is 2.69. The maximum atomic E-state index is 12.5. The number of ether oxygens (including phenoxy) is 14. The predicted octanol–water partition coefficient (Wildman–Crippen LogP) is 6.91. The molecule has 9 atom stereocenters. The molecule has 0 radical (unpaired) electrons. The van der Waals surface area contributed by atoms with E-state index in [2.05, 4.69) is 64.7 Å². The van der Waals surface area contributed by atoms with E-state index in [4.69, 9.17) is 28.4 Å². The van der Waals surface area contributed by atoms with E-state index >= 15 is 0 Å². The standard InChI is InChI=1S/C24H16O12.C20H10O10.C16H12O6.C16H26O3.C8H6O6/c1-11(25)32-8-12(9-33-19(26)13-2-4-15-17(6-13)23(30)35-21(15)28)10-34-20(27)14-3-5-16-18(7-14)24(31)36-22(16)29;21-15(9-1-3-11-13(7-9)19(25)29-17(11)23)27-5-6-28-16(22)10-2-4-12-14(8-10)20(26)30-18(12)24;17-12-6-10(14(18)21-12)9-5-11-13(16(20)22-15(11)19)8-4-2-1-3-7(8)9;1-5-6-11(2)7-12(3)8-13(4)9-14-10-15(17)19-16(14)18;9-5-1-3(7(11)13-5)4-2-6(10)14-8(4)12/h2-7,12H,8-10H2,1H3;1-4,7-8H,5-6H2;1-4,9-11,13H,5-6H2;8,11-12,14H,5-7,9-10H2,1-4H3;3-4H,1-2H2/b;;;13-8+;. The van der Waals surface area contributed by atoms with Gasteiger partial charge < -0.3 is 66.3 Å². The Bertz CT molecular complexity index is 5120. The normalized spacial score (nSPS) is 20.9. The van der Waals surface area contributed by atoms with Crippen LogP contribution in [0.4, 0.5) is 0 Å². The molecule has 9 unspecified atom stereocenters. The van der Waals surface area contributed by atoms with Crippen LogP contribution in [-0.2, 0) is 119 Å². The van der Waals surface area contributed by atoms with Gasteiger partial charge in [0.15, 0.2) is 0 Å². The molecular formula is C84H70O37. The van der Waals surface area contributed by atoms with Gasteiger partial charge in [0.25, 0.3) is 0 Å². The highest BCUT2D eigenvalue weighted by Gasteiger charge is 2.54. The molecule has 0 saturated carbocycles. The van der Waals surface area contributed by atoms with Crippen molar-refractivity contribution in [3.05, 3.63) is 187 Å². The average molecular weight is 1670 g/mol. The molecule has 1 aliphatic carbocycles. The van der Waals surface area contributed by atoms with Gasteiger partial charge in [0.05, 0.1) is 134 Å². The second-order valence-corrected chi connectivity index (χ2v) is 29.0. The van der Waals surface area contributed by atoms with E-state index in [0.29, 0.717) is 24.3 Å². The summed E-state index contributed by atoms with van der Waals surface area (Å²) in [6.45, 7) is 8.46. The third kappa shape index (κ3) is 20.7. The van der Waals surface area contributed by atoms with Gasteiger partial charge in [-0.1, -0.05) is 69.5 Å². The van der Waals surface area contributed by atoms with Crippen LogP contribution in [0.5, 0.6) is 0 Å². The smallest absolute Gasteiger partial charge is 0.346 e. The highest BCUT2D eigenvalue weighted by atomic mass is 16.6. The van der Waals surface area contributed by atoms with Crippen molar-refractivity contribution in [3.8, 4) is 0 Å². The maximum absolute atomic E-state index is 12.5. The van der Waals surface area contributed by atoms with Crippen molar-refractivity contribution in [3.63, 3.8) is 0 Å². The van der Waals surface area contributed by atoms with E-state index in [1.165, 1.54) is 92.4 Å². The van der Waals surface area contributed by atoms with E-state index in [1.54, 1.807) is 12.1 Å². The molecule has 0 aromatic heterocycles. The molecule has 9 heterocycles. The van der Waals surface area contributed by atoms with Gasteiger partial charge in [-0.05, 0) is 128 Å². The SMILES string of the molecule is CC(=O)OCC(COC(=O)c1ccc2c(c1)C(=O)OC2=O)COC(=O)c1ccc2c(c1)C(=O)OC2=O.CCCC(C)CC(C)/C=C(\C)CC1CC(=O)OC1=O.O=C(OCCOC(=O)c1ccc2c(c1)C(=O)OC2=O)c1ccc2c(c1)C(=O)OC2=O.O=C1CC(C2CC(=O)OC2=O)C(=O)O1.O=C1CC(C2CC3C(=O)OC(=O)C3c3ccccc32)C(=O)O1. The average Bonchev–Trinajstić information content (AvgIpc) is 1.64. The summed E-state index contributed by atoms with van der Waals surface area (Å²) in [7, 11) is 0. The number of fused-ring (bicyclic) bond motifs is 7. The maximum Gasteiger partial charge on any atom is 0.346 e. The van der Waals surface area contributed by atoms with Crippen LogP contribution in [0.15, 0.2) is 109 Å². The fraction of sp³-hybridized carbons (Fsp3) is 0.345. The molecule has 9 aliphatic heterocycles. The van der Waals surface area contributed by atoms with Crippen molar-refractivity contribution in [2.75, 3.05) is 33.0 Å². The molecule has 5 fully saturated rings. The Kier molecular flexibility index (Phi) is 27.3. The van der Waals surface area contributed by atoms with Gasteiger partial charge in [0.1, 0.15) is 33.0 Å². The summed E-state index contributed by atoms with van der Waals surface area (Å²) in [4.78, 5) is 266. The Labute approximate surface area is 682 Å². The minimum Gasteiger partial charge on any atom is -0.465 e. The number of hydrogen-bond donors (Lipinski definition) is 0. The third-order valence-electron chi connectivity index (χ3n) is 20.2. The Hall–Kier alpha value is -14.6. The Balaban J connectivity index is 0.000000153. The lowest BCUT2D eigenvalue weighted by Crippen LogP contribution is -2.31. The first-order valence-electron chi connectivity index (χ1n) is 37.5. The van der Waals surface area contributed by atoms with Gasteiger partial charge in [-0.3, -0.25) is 52.7 Å². The molecule has 0 amide bonds. The molecule has 628 valence electrons. The second-order valence-electron chi connectivity index (χ2n) is 29.0. The second kappa shape index (κ2) is 37.8. The molecule has 10 aliphatic rings. The van der Waals surface area contributed by atoms with Crippen LogP contribution in [0.2, 0.25) is 0 Å². The fourth-order valence-electron chi connectivity index (χ4n) is 14.6. The number of hydrogen-bond acceptors (Lipinski definition) is 37. The lowest BCUT2D eigenvalue weighted by molar-refractivity contribution is -0.158. The largest absolute Gasteiger partial charge is 0.465 e. The molecule has 0 spiro atoms. The number of cyclic esters (lactones) is 18. The lowest BCUT2D eigenvalue weighted by Gasteiger charge is -2.32. The quantitative estimate of drug-likeness (QED) is 0.0223. The van der Waals surface area contributed by atoms with Crippen LogP contribution in [-0.4, -0.2) is 170 Å². The first-order valence-corrected chi connectivity index (χ1v) is 37.5. The van der Waals surface area contributed by atoms with Crippen molar-refractivity contribution >= 4 is 137 Å². The number of carbonyl (C=O) groups excluding carboxylic acids is 23. The summed E-state index contributed by atoms with van der Waals surface area (Å²) < 4.78 is 65.6. The van der Waals surface area contributed by atoms with Crippen LogP contribution in [0.3, 0.4) is 0 Å². The van der Waals surface area contributed by atoms with Crippen LogP contribution in [0.25, 0.3) is 0 Å². The van der Waals surface area contributed by atoms with Crippen molar-refractivity contribution in [1.82, 2.24) is 0 Å². The lowest BCUT2D eigenvalue weighted by atomic mass is 9.67. The summed E-state index contributed by atoms with van der Waals surface area (Å²) in [5, 5.41) is 0. The van der Waals surface area contributed by atoms with Crippen LogP contribution in [0, 0.1) is 47.3 Å². The van der Waals surface area contributed by atoms with Gasteiger partial charge >= 0.3 is 137 Å². The predicted molar refractivity (Wildman–Crippen MR) is 390 cm³/mol. The number of allylic oxidation sites excluding steroid dienone is 2. The van der Waals surface area contributed by atoms with E-state index in [1.807, 2.05) is 19.1 Å². The zero-order valence-electron chi connectivity index (χ0n) is 64.6. The Morgan fingerprint density at radius 2 is 0.727 bits per heavy atom. The highest BCUT2D eigenvalue weighted by molar-refractivity contribution is 6.18. The van der Waals surface area contributed by atoms with Crippen LogP contribution >= 0.6 is 0 Å². The monoisotopic (exact) mass is 1670 g/mol. The van der Waals surface area contributed by atoms with E-state index in [0.717, 1.165) is 23.6 Å². The van der Waals surface area contributed by atoms with Crippen LogP contribution < -0.4 is 0 Å². The third-order valence-corrected chi connectivity index (χ3v) is 20.2. The molecule has 5 aromatic carbocycles. The van der Waals surface area contributed by atoms with Gasteiger partial charge in [0.2, 0.25) is 0 Å². The Morgan fingerprint density at radius 3 is 1.09 bits per heavy atom. The summed E-state index contributed by atoms with van der Waals surface area (Å²) in [6, 6.07) is 22.2. The Morgan fingerprint density at radius 1 is 0.380 bits per heavy atom. The van der Waals surface area contributed by atoms with Crippen molar-refractivity contribution in [1.29, 1.82) is 0 Å². The number of esters is 23. The first kappa shape index (κ1) is 87.3. The van der Waals surface area contributed by atoms with Crippen molar-refractivity contribution < 1.29 is 177 Å². The number of benzene rings is 5. The van der Waals surface area contributed by atoms with Gasteiger partial charge in [-0.15, -0.1) is 0 Å². The fourth-order valence-corrected chi connectivity index (χ4v) is 14.6. The summed E-state index contributed by atoms with van der Waals surface area (Å²) in [6.07, 6.45) is 6.84. The highest BCUT2D eigenvalue weighted by Crippen LogP contribution is 2.51. The molecule has 37 nitrogen and oxygen atoms in total. The minimum absolute atomic E-state index is 0.0121. The summed E-state index contributed by atoms with van der Waals surface area (Å²) >= 11 is 0. The molecule has 5 aromatic rings. The van der Waals surface area contributed by atoms with Crippen LogP contribution in [0.1, 0.15) is 240 Å². The zero-order valence-corrected chi connectivity index (χ0v) is 64.6. The number of carbonyl (C=O) groups is 23. The van der Waals surface area contributed by atoms with Gasteiger partial charge in [-0.25, -0.2) is 57.5 Å². The molecule has 5 saturated heterocycles. The van der Waals surface area contributed by atoms with Gasteiger partial charge in [-0.2, -0.15) is 0 Å². The van der Waals surface area contributed by atoms with E-state index in [-0.39, 0.29) is 149 Å². The number of rotatable bonds is 22. The van der Waals surface area contributed by atoms with Gasteiger partial charge in [0, 0.05) is 6.92 Å². The summed E-state index contributed by atoms with van der Waals surface area (Å²) in [5.74, 6) is -19.8.